The third-order valence-corrected chi connectivity index (χ3v) is 12.3. The molecule has 0 radical (unpaired) electrons. The van der Waals surface area contributed by atoms with Gasteiger partial charge in [0, 0.05) is 43.3 Å². The molecule has 3 heterocycles. The highest BCUT2D eigenvalue weighted by Gasteiger charge is 2.61. The van der Waals surface area contributed by atoms with Crippen LogP contribution < -0.4 is 25.4 Å². The smallest absolute Gasteiger partial charge is 0.408 e. The molecule has 8 atom stereocenters. The van der Waals surface area contributed by atoms with Gasteiger partial charge in [0.25, 0.3) is 0 Å². The van der Waals surface area contributed by atoms with E-state index in [2.05, 4.69) is 21.0 Å². The van der Waals surface area contributed by atoms with Gasteiger partial charge in [0.2, 0.25) is 11.8 Å². The van der Waals surface area contributed by atoms with E-state index in [9.17, 15) is 24.3 Å². The molecule has 0 unspecified atom stereocenters. The number of aliphatic carboxylic acids is 1. The summed E-state index contributed by atoms with van der Waals surface area (Å²) in [5.74, 6) is 0.503. The lowest BCUT2D eigenvalue weighted by Crippen LogP contribution is -2.59. The average Bonchev–Trinajstić information content (AvgIpc) is 3.84. The van der Waals surface area contributed by atoms with Crippen LogP contribution in [-0.4, -0.2) is 111 Å². The summed E-state index contributed by atoms with van der Waals surface area (Å²) in [6, 6.07) is 4.98. The van der Waals surface area contributed by atoms with Crippen molar-refractivity contribution in [2.45, 2.75) is 116 Å². The maximum Gasteiger partial charge on any atom is 0.408 e. The second-order valence-corrected chi connectivity index (χ2v) is 18.2. The van der Waals surface area contributed by atoms with Gasteiger partial charge >= 0.3 is 12.1 Å². The fraction of sp³-hybridized carbons (Fsp3) is 0.619. The Labute approximate surface area is 349 Å². The van der Waals surface area contributed by atoms with E-state index in [1.54, 1.807) is 36.2 Å². The Bertz CT molecular complexity index is 2080. The van der Waals surface area contributed by atoms with E-state index in [4.69, 9.17) is 35.5 Å². The van der Waals surface area contributed by atoms with Crippen LogP contribution in [0.15, 0.2) is 30.5 Å². The van der Waals surface area contributed by atoms with Crippen molar-refractivity contribution in [2.75, 3.05) is 32.2 Å². The molecule has 3 aliphatic carbocycles. The van der Waals surface area contributed by atoms with Gasteiger partial charge < -0.3 is 44.9 Å². The molecule has 1 aliphatic heterocycles. The summed E-state index contributed by atoms with van der Waals surface area (Å²) in [5, 5.41) is 24.5. The zero-order valence-electron chi connectivity index (χ0n) is 34.7. The lowest BCUT2D eigenvalue weighted by molar-refractivity contribution is -0.146. The van der Waals surface area contributed by atoms with E-state index in [-0.39, 0.29) is 49.1 Å². The van der Waals surface area contributed by atoms with Crippen molar-refractivity contribution < 1.29 is 43.2 Å². The molecule has 3 saturated carbocycles. The number of hydrogen-bond acceptors (Lipinski definition) is 11. The highest BCUT2D eigenvalue weighted by molar-refractivity contribution is 6.36. The van der Waals surface area contributed by atoms with E-state index in [0.29, 0.717) is 58.9 Å². The maximum absolute atomic E-state index is 14.7. The molecule has 17 heteroatoms. The number of rotatable bonds is 16. The zero-order chi connectivity index (χ0) is 42.4. The third-order valence-electron chi connectivity index (χ3n) is 12.0. The minimum Gasteiger partial charge on any atom is -0.490 e. The van der Waals surface area contributed by atoms with Crippen LogP contribution in [0.1, 0.15) is 80.1 Å². The number of halogens is 1. The number of hydrogen-bond donors (Lipinski definition) is 4. The molecule has 320 valence electrons. The summed E-state index contributed by atoms with van der Waals surface area (Å²) < 4.78 is 25.1. The molecule has 2 aromatic heterocycles. The third kappa shape index (κ3) is 9.03. The molecule has 7 rings (SSSR count). The molecule has 1 saturated heterocycles. The maximum atomic E-state index is 14.7. The van der Waals surface area contributed by atoms with Crippen molar-refractivity contribution in [3.63, 3.8) is 0 Å². The van der Waals surface area contributed by atoms with Crippen LogP contribution in [0, 0.1) is 23.2 Å². The van der Waals surface area contributed by atoms with Crippen molar-refractivity contribution in [3.05, 3.63) is 35.5 Å². The first-order valence-electron chi connectivity index (χ1n) is 20.6. The summed E-state index contributed by atoms with van der Waals surface area (Å²) in [5.41, 5.74) is -1.83. The standard InChI is InChI=1S/C42H56ClN7O9/c1-8-25-20-42(25,39(53)54)47-37(51)29-18-27(21-49(29)38(52)36(41(4,5)6)46-40(55)59-26-16-23-15-24(23)17-26)58-31-19-33(50-12-11-32(48-50)44-22(2)3)45-35-28(31)9-10-30(34(35)43)57-14-13-56-7/h9-12,19,22-27,29,36H,8,13-18,20-21H2,1-7H3,(H,44,48)(H,46,55)(H,47,51)(H,53,54)/t23-,24+,25-,26+,27-,29+,36-,42-/m1/s1. The van der Waals surface area contributed by atoms with Crippen LogP contribution in [0.5, 0.6) is 11.5 Å². The normalized spacial score (nSPS) is 26.3. The number of carbonyl (C=O) groups excluding carboxylic acids is 3. The van der Waals surface area contributed by atoms with Gasteiger partial charge in [-0.2, -0.15) is 0 Å². The van der Waals surface area contributed by atoms with Gasteiger partial charge in [-0.15, -0.1) is 5.10 Å². The predicted octanol–water partition coefficient (Wildman–Crippen LogP) is 5.58. The topological polar surface area (TPSA) is 195 Å². The largest absolute Gasteiger partial charge is 0.490 e. The van der Waals surface area contributed by atoms with E-state index >= 15 is 0 Å². The lowest BCUT2D eigenvalue weighted by Gasteiger charge is -2.35. The number of pyridine rings is 1. The van der Waals surface area contributed by atoms with E-state index in [1.807, 2.05) is 47.6 Å². The number of carboxylic acids is 1. The Balaban J connectivity index is 1.21. The molecule has 0 spiro atoms. The van der Waals surface area contributed by atoms with Gasteiger partial charge in [-0.1, -0.05) is 45.7 Å². The molecule has 4 aliphatic rings. The second kappa shape index (κ2) is 16.7. The number of aromatic nitrogens is 3. The van der Waals surface area contributed by atoms with Crippen LogP contribution >= 0.6 is 11.6 Å². The van der Waals surface area contributed by atoms with E-state index < -0.39 is 53.0 Å². The Morgan fingerprint density at radius 1 is 1.03 bits per heavy atom. The van der Waals surface area contributed by atoms with Crippen LogP contribution in [0.3, 0.4) is 0 Å². The number of fused-ring (bicyclic) bond motifs is 2. The van der Waals surface area contributed by atoms with Crippen LogP contribution in [0.4, 0.5) is 10.6 Å². The monoisotopic (exact) mass is 837 g/mol. The number of nitrogens with one attached hydrogen (secondary N) is 3. The first-order valence-corrected chi connectivity index (χ1v) is 21.0. The number of carbonyl (C=O) groups is 4. The highest BCUT2D eigenvalue weighted by Crippen LogP contribution is 2.52. The predicted molar refractivity (Wildman–Crippen MR) is 219 cm³/mol. The van der Waals surface area contributed by atoms with Crippen molar-refractivity contribution in [1.29, 1.82) is 0 Å². The first kappa shape index (κ1) is 42.3. The number of ether oxygens (including phenoxy) is 4. The first-order chi connectivity index (χ1) is 28.0. The van der Waals surface area contributed by atoms with Crippen LogP contribution in [0.2, 0.25) is 5.02 Å². The molecular weight excluding hydrogens is 782 g/mol. The minimum atomic E-state index is -1.42. The molecule has 1 aromatic carbocycles. The quantitative estimate of drug-likeness (QED) is 0.131. The summed E-state index contributed by atoms with van der Waals surface area (Å²) in [6.45, 7) is 11.9. The van der Waals surface area contributed by atoms with Gasteiger partial charge in [0.1, 0.15) is 58.8 Å². The molecule has 3 amide bonds. The molecular formula is C42H56ClN7O9. The number of likely N-dealkylation sites (tertiary alicyclic amines) is 1. The number of amides is 3. The fourth-order valence-corrected chi connectivity index (χ4v) is 8.87. The number of alkyl carbamates (subject to hydrolysis) is 1. The number of carboxylic acid groups (broad SMARTS) is 1. The fourth-order valence-electron chi connectivity index (χ4n) is 8.60. The number of benzene rings is 1. The molecule has 3 aromatic rings. The summed E-state index contributed by atoms with van der Waals surface area (Å²) >= 11 is 6.95. The molecule has 16 nitrogen and oxygen atoms in total. The SMILES string of the molecule is CC[C@@H]1C[C@]1(NC(=O)[C@@H]1C[C@@H](Oc2cc(-n3ccc(NC(C)C)n3)nc3c(Cl)c(OCCOC)ccc23)CN1C(=O)[C@@H](NC(=O)O[C@@H]1C[C@@H]2C[C@@H]2C1)C(C)(C)C)C(=O)O. The Hall–Kier alpha value is -4.83. The van der Waals surface area contributed by atoms with E-state index in [0.717, 1.165) is 12.8 Å². The number of methoxy groups -OCH3 is 1. The van der Waals surface area contributed by atoms with Crippen LogP contribution in [0.25, 0.3) is 16.7 Å². The van der Waals surface area contributed by atoms with Crippen molar-refractivity contribution in [1.82, 2.24) is 30.3 Å². The minimum absolute atomic E-state index is 0.0333. The second-order valence-electron chi connectivity index (χ2n) is 17.8. The van der Waals surface area contributed by atoms with Gasteiger partial charge in [0.15, 0.2) is 5.82 Å². The zero-order valence-corrected chi connectivity index (χ0v) is 35.5. The molecule has 0 bridgehead atoms. The molecule has 4 N–H and O–H groups in total. The van der Waals surface area contributed by atoms with Gasteiger partial charge in [-0.05, 0) is 74.8 Å². The summed E-state index contributed by atoms with van der Waals surface area (Å²) in [7, 11) is 1.58. The van der Waals surface area contributed by atoms with Crippen molar-refractivity contribution in [3.8, 4) is 17.3 Å². The lowest BCUT2D eigenvalue weighted by atomic mass is 9.85. The van der Waals surface area contributed by atoms with Crippen molar-refractivity contribution in [2.24, 2.45) is 23.2 Å². The van der Waals surface area contributed by atoms with Gasteiger partial charge in [0.05, 0.1) is 18.7 Å². The Morgan fingerprint density at radius 2 is 1.78 bits per heavy atom. The number of anilines is 1. The molecule has 4 fully saturated rings. The highest BCUT2D eigenvalue weighted by atomic mass is 35.5. The van der Waals surface area contributed by atoms with E-state index in [1.165, 1.54) is 11.3 Å². The Morgan fingerprint density at radius 3 is 2.42 bits per heavy atom. The van der Waals surface area contributed by atoms with Gasteiger partial charge in [-0.25, -0.2) is 19.3 Å². The average molecular weight is 838 g/mol. The van der Waals surface area contributed by atoms with Gasteiger partial charge in [-0.3, -0.25) is 9.59 Å². The van der Waals surface area contributed by atoms with Crippen LogP contribution in [-0.2, 0) is 23.9 Å². The summed E-state index contributed by atoms with van der Waals surface area (Å²) in [4.78, 5) is 61.0. The summed E-state index contributed by atoms with van der Waals surface area (Å²) in [6.07, 6.45) is 3.82. The Kier molecular flexibility index (Phi) is 12.0. The van der Waals surface area contributed by atoms with Crippen molar-refractivity contribution >= 4 is 52.2 Å². The molecule has 59 heavy (non-hydrogen) atoms. The number of nitrogens with zero attached hydrogens (tertiary/aromatic N) is 4.